The maximum Gasteiger partial charge on any atom is 0.331 e. The molecule has 8 heteroatoms. The summed E-state index contributed by atoms with van der Waals surface area (Å²) in [6.07, 6.45) is 2.01. The molecule has 0 radical (unpaired) electrons. The predicted octanol–water partition coefficient (Wildman–Crippen LogP) is -0.511. The normalized spacial score (nSPS) is 10.9. The van der Waals surface area contributed by atoms with E-state index < -0.39 is 11.2 Å². The Bertz CT molecular complexity index is 812. The van der Waals surface area contributed by atoms with Crippen LogP contribution in [0.1, 0.15) is 35.9 Å². The molecule has 2 aromatic rings. The fourth-order valence-electron chi connectivity index (χ4n) is 2.08. The minimum Gasteiger partial charge on any atom is -0.317 e. The topological polar surface area (TPSA) is 91.8 Å². The summed E-state index contributed by atoms with van der Waals surface area (Å²) in [5.41, 5.74) is -1.10. The molecular formula is C13H17N5O3. The average molecular weight is 291 g/mol. The van der Waals surface area contributed by atoms with Crippen LogP contribution < -0.4 is 11.2 Å². The van der Waals surface area contributed by atoms with Gasteiger partial charge in [-0.25, -0.2) is 4.79 Å². The molecule has 0 atom stereocenters. The fourth-order valence-corrected chi connectivity index (χ4v) is 2.08. The number of carbonyl (C=O) groups excluding carboxylic acids is 1. The standard InChI is InChI=1S/C13H17N5O3/c1-5-10-14-15-11(16(10)3)7-18-6-9(8(2)19)12(20)17(4)13(18)21/h6H,5,7H2,1-4H3. The number of ketones is 1. The largest absolute Gasteiger partial charge is 0.331 e. The molecule has 0 aliphatic heterocycles. The van der Waals surface area contributed by atoms with Gasteiger partial charge in [-0.1, -0.05) is 6.92 Å². The average Bonchev–Trinajstić information content (AvgIpc) is 2.79. The number of rotatable bonds is 4. The van der Waals surface area contributed by atoms with Crippen molar-refractivity contribution in [3.05, 3.63) is 44.2 Å². The van der Waals surface area contributed by atoms with E-state index in [0.29, 0.717) is 5.82 Å². The zero-order valence-corrected chi connectivity index (χ0v) is 12.5. The number of carbonyl (C=O) groups is 1. The molecule has 0 aliphatic carbocycles. The van der Waals surface area contributed by atoms with Crippen LogP contribution in [0.2, 0.25) is 0 Å². The quantitative estimate of drug-likeness (QED) is 0.707. The lowest BCUT2D eigenvalue weighted by molar-refractivity contribution is 0.101. The second-order valence-corrected chi connectivity index (χ2v) is 4.82. The number of hydrogen-bond acceptors (Lipinski definition) is 5. The lowest BCUT2D eigenvalue weighted by Gasteiger charge is -2.09. The first kappa shape index (κ1) is 14.9. The van der Waals surface area contributed by atoms with Crippen molar-refractivity contribution in [1.29, 1.82) is 0 Å². The Hall–Kier alpha value is -2.51. The molecule has 0 unspecified atom stereocenters. The Morgan fingerprint density at radius 3 is 2.29 bits per heavy atom. The number of aryl methyl sites for hydroxylation is 1. The van der Waals surface area contributed by atoms with Crippen LogP contribution in [0.25, 0.3) is 0 Å². The van der Waals surface area contributed by atoms with E-state index >= 15 is 0 Å². The molecule has 0 saturated carbocycles. The van der Waals surface area contributed by atoms with E-state index in [-0.39, 0.29) is 17.9 Å². The summed E-state index contributed by atoms with van der Waals surface area (Å²) in [4.78, 5) is 35.5. The van der Waals surface area contributed by atoms with Crippen molar-refractivity contribution in [2.75, 3.05) is 0 Å². The van der Waals surface area contributed by atoms with E-state index in [1.807, 2.05) is 14.0 Å². The van der Waals surface area contributed by atoms with Gasteiger partial charge in [0, 0.05) is 26.7 Å². The van der Waals surface area contributed by atoms with Gasteiger partial charge in [-0.2, -0.15) is 0 Å². The molecule has 0 bridgehead atoms. The number of nitrogens with zero attached hydrogens (tertiary/aromatic N) is 5. The molecule has 2 rings (SSSR count). The third-order valence-electron chi connectivity index (χ3n) is 3.42. The number of aromatic nitrogens is 5. The molecule has 0 spiro atoms. The van der Waals surface area contributed by atoms with Crippen LogP contribution in [0.3, 0.4) is 0 Å². The third kappa shape index (κ3) is 2.56. The van der Waals surface area contributed by atoms with Gasteiger partial charge in [0.2, 0.25) is 0 Å². The van der Waals surface area contributed by atoms with Crippen LogP contribution in [-0.4, -0.2) is 29.7 Å². The Morgan fingerprint density at radius 1 is 1.14 bits per heavy atom. The summed E-state index contributed by atoms with van der Waals surface area (Å²) in [6, 6.07) is 0. The van der Waals surface area contributed by atoms with Crippen LogP contribution in [0.4, 0.5) is 0 Å². The van der Waals surface area contributed by atoms with E-state index in [9.17, 15) is 14.4 Å². The molecule has 0 N–H and O–H groups in total. The summed E-state index contributed by atoms with van der Waals surface area (Å²) < 4.78 is 4.01. The van der Waals surface area contributed by atoms with Gasteiger partial charge in [0.25, 0.3) is 5.56 Å². The van der Waals surface area contributed by atoms with Gasteiger partial charge in [-0.15, -0.1) is 10.2 Å². The smallest absolute Gasteiger partial charge is 0.317 e. The van der Waals surface area contributed by atoms with Crippen molar-refractivity contribution in [3.63, 3.8) is 0 Å². The summed E-state index contributed by atoms with van der Waals surface area (Å²) in [6.45, 7) is 3.40. The van der Waals surface area contributed by atoms with Crippen LogP contribution in [0.5, 0.6) is 0 Å². The zero-order valence-electron chi connectivity index (χ0n) is 12.5. The lowest BCUT2D eigenvalue weighted by Crippen LogP contribution is -2.40. The molecule has 0 amide bonds. The molecule has 0 fully saturated rings. The van der Waals surface area contributed by atoms with Crippen molar-refractivity contribution in [1.82, 2.24) is 23.9 Å². The fraction of sp³-hybridized carbons (Fsp3) is 0.462. The highest BCUT2D eigenvalue weighted by molar-refractivity contribution is 5.93. The third-order valence-corrected chi connectivity index (χ3v) is 3.42. The van der Waals surface area contributed by atoms with E-state index in [2.05, 4.69) is 10.2 Å². The molecule has 0 aromatic carbocycles. The van der Waals surface area contributed by atoms with Crippen molar-refractivity contribution in [2.45, 2.75) is 26.8 Å². The first-order chi connectivity index (χ1) is 9.86. The van der Waals surface area contributed by atoms with Crippen molar-refractivity contribution >= 4 is 5.78 Å². The highest BCUT2D eigenvalue weighted by atomic mass is 16.2. The van der Waals surface area contributed by atoms with Crippen LogP contribution >= 0.6 is 0 Å². The van der Waals surface area contributed by atoms with Gasteiger partial charge in [0.15, 0.2) is 11.6 Å². The van der Waals surface area contributed by atoms with Gasteiger partial charge in [0.1, 0.15) is 5.82 Å². The maximum absolute atomic E-state index is 12.1. The van der Waals surface area contributed by atoms with Crippen LogP contribution in [0, 0.1) is 0 Å². The van der Waals surface area contributed by atoms with Gasteiger partial charge in [-0.05, 0) is 6.92 Å². The minimum atomic E-state index is -0.587. The summed E-state index contributed by atoms with van der Waals surface area (Å²) >= 11 is 0. The minimum absolute atomic E-state index is 0.0185. The van der Waals surface area contributed by atoms with Gasteiger partial charge >= 0.3 is 5.69 Å². The van der Waals surface area contributed by atoms with Crippen LogP contribution in [0.15, 0.2) is 15.8 Å². The number of hydrogen-bond donors (Lipinski definition) is 0. The molecule has 0 saturated heterocycles. The van der Waals surface area contributed by atoms with E-state index in [1.54, 1.807) is 4.57 Å². The summed E-state index contributed by atoms with van der Waals surface area (Å²) in [7, 11) is 3.16. The summed E-state index contributed by atoms with van der Waals surface area (Å²) in [5, 5.41) is 8.05. The molecular weight excluding hydrogens is 274 g/mol. The van der Waals surface area contributed by atoms with E-state index in [1.165, 1.54) is 24.7 Å². The van der Waals surface area contributed by atoms with Crippen LogP contribution in [-0.2, 0) is 27.1 Å². The first-order valence-corrected chi connectivity index (χ1v) is 6.55. The number of Topliss-reactive ketones (excluding diaryl/α,β-unsaturated/α-hetero) is 1. The molecule has 0 aliphatic rings. The summed E-state index contributed by atoms with van der Waals surface area (Å²) in [5.74, 6) is 1.01. The Morgan fingerprint density at radius 2 is 1.76 bits per heavy atom. The van der Waals surface area contributed by atoms with Crippen molar-refractivity contribution < 1.29 is 4.79 Å². The highest BCUT2D eigenvalue weighted by Gasteiger charge is 2.14. The second-order valence-electron chi connectivity index (χ2n) is 4.82. The maximum atomic E-state index is 12.1. The van der Waals surface area contributed by atoms with E-state index in [0.717, 1.165) is 16.8 Å². The van der Waals surface area contributed by atoms with E-state index in [4.69, 9.17) is 0 Å². The first-order valence-electron chi connectivity index (χ1n) is 6.55. The molecule has 112 valence electrons. The van der Waals surface area contributed by atoms with Gasteiger partial charge < -0.3 is 4.57 Å². The molecule has 2 aromatic heterocycles. The zero-order chi connectivity index (χ0) is 15.7. The molecule has 21 heavy (non-hydrogen) atoms. The second kappa shape index (κ2) is 5.47. The van der Waals surface area contributed by atoms with Gasteiger partial charge in [0.05, 0.1) is 12.1 Å². The highest BCUT2D eigenvalue weighted by Crippen LogP contribution is 2.02. The monoisotopic (exact) mass is 291 g/mol. The van der Waals surface area contributed by atoms with Gasteiger partial charge in [-0.3, -0.25) is 18.7 Å². The Kier molecular flexibility index (Phi) is 3.88. The lowest BCUT2D eigenvalue weighted by atomic mass is 10.2. The Labute approximate surface area is 120 Å². The van der Waals surface area contributed by atoms with Crippen molar-refractivity contribution in [3.8, 4) is 0 Å². The predicted molar refractivity (Wildman–Crippen MR) is 75.4 cm³/mol. The van der Waals surface area contributed by atoms with Crippen molar-refractivity contribution in [2.24, 2.45) is 14.1 Å². The molecule has 2 heterocycles. The SMILES string of the molecule is CCc1nnc(Cn2cc(C(C)=O)c(=O)n(C)c2=O)n1C. The molecule has 8 nitrogen and oxygen atoms in total. The Balaban J connectivity index is 2.54.